The van der Waals surface area contributed by atoms with Crippen LogP contribution in [0.2, 0.25) is 0 Å². The van der Waals surface area contributed by atoms with E-state index in [1.807, 2.05) is 0 Å². The number of carbonyl (C=O) groups excluding carboxylic acids is 2. The van der Waals surface area contributed by atoms with Crippen molar-refractivity contribution < 1.29 is 24.4 Å². The van der Waals surface area contributed by atoms with E-state index in [9.17, 15) is 24.8 Å². The molecule has 1 aliphatic rings. The summed E-state index contributed by atoms with van der Waals surface area (Å²) in [6.07, 6.45) is -1.08. The van der Waals surface area contributed by atoms with Gasteiger partial charge in [0.05, 0.1) is 22.1 Å². The summed E-state index contributed by atoms with van der Waals surface area (Å²) in [5, 5.41) is 24.9. The number of nitrogens with zero attached hydrogens (tertiary/aromatic N) is 1. The van der Waals surface area contributed by atoms with Crippen molar-refractivity contribution in [2.75, 3.05) is 5.32 Å². The SMILES string of the molecule is O=C1O[C@H](c2ccc([N+](=O)[O-])cc2C(=O)[O-])Nc2ccccc21. The quantitative estimate of drug-likeness (QED) is 0.514. The van der Waals surface area contributed by atoms with Gasteiger partial charge in [0.25, 0.3) is 5.69 Å². The highest BCUT2D eigenvalue weighted by molar-refractivity contribution is 5.98. The number of anilines is 1. The minimum atomic E-state index is -1.60. The van der Waals surface area contributed by atoms with Crippen LogP contribution in [0.15, 0.2) is 42.5 Å². The molecule has 0 saturated heterocycles. The summed E-state index contributed by atoms with van der Waals surface area (Å²) in [7, 11) is 0. The number of aromatic carboxylic acids is 1. The van der Waals surface area contributed by atoms with Crippen LogP contribution in [0.5, 0.6) is 0 Å². The number of carbonyl (C=O) groups is 2. The van der Waals surface area contributed by atoms with Gasteiger partial charge >= 0.3 is 5.97 Å². The third-order valence-electron chi connectivity index (χ3n) is 3.41. The van der Waals surface area contributed by atoms with Crippen LogP contribution in [0.25, 0.3) is 0 Å². The molecule has 0 spiro atoms. The number of non-ortho nitro benzene ring substituents is 1. The van der Waals surface area contributed by atoms with Gasteiger partial charge < -0.3 is 20.0 Å². The molecule has 0 unspecified atom stereocenters. The first kappa shape index (κ1) is 14.5. The van der Waals surface area contributed by atoms with Gasteiger partial charge in [0.1, 0.15) is 0 Å². The first-order chi connectivity index (χ1) is 11.0. The lowest BCUT2D eigenvalue weighted by atomic mass is 10.0. The summed E-state index contributed by atoms with van der Waals surface area (Å²) in [4.78, 5) is 33.3. The lowest BCUT2D eigenvalue weighted by Gasteiger charge is -2.28. The Morgan fingerprint density at radius 1 is 1.22 bits per heavy atom. The van der Waals surface area contributed by atoms with Gasteiger partial charge in [-0.15, -0.1) is 0 Å². The molecular formula is C15H9N2O6-. The summed E-state index contributed by atoms with van der Waals surface area (Å²) < 4.78 is 5.18. The Balaban J connectivity index is 2.04. The first-order valence-electron chi connectivity index (χ1n) is 6.53. The fourth-order valence-corrected chi connectivity index (χ4v) is 2.33. The van der Waals surface area contributed by atoms with Gasteiger partial charge in [-0.25, -0.2) is 4.79 Å². The number of hydrogen-bond donors (Lipinski definition) is 1. The number of benzene rings is 2. The van der Waals surface area contributed by atoms with Gasteiger partial charge in [-0.05, 0) is 18.2 Å². The minimum Gasteiger partial charge on any atom is -0.545 e. The predicted molar refractivity (Wildman–Crippen MR) is 75.6 cm³/mol. The summed E-state index contributed by atoms with van der Waals surface area (Å²) in [6.45, 7) is 0. The van der Waals surface area contributed by atoms with Crippen molar-refractivity contribution in [1.29, 1.82) is 0 Å². The third kappa shape index (κ3) is 2.57. The number of nitro groups is 1. The highest BCUT2D eigenvalue weighted by Crippen LogP contribution is 2.32. The lowest BCUT2D eigenvalue weighted by molar-refractivity contribution is -0.385. The molecule has 0 radical (unpaired) electrons. The third-order valence-corrected chi connectivity index (χ3v) is 3.41. The molecule has 0 aliphatic carbocycles. The number of nitrogens with one attached hydrogen (secondary N) is 1. The molecule has 0 saturated carbocycles. The van der Waals surface area contributed by atoms with E-state index < -0.39 is 34.3 Å². The predicted octanol–water partition coefficient (Wildman–Crippen LogP) is 1.24. The molecule has 0 bridgehead atoms. The van der Waals surface area contributed by atoms with Crippen LogP contribution in [0.1, 0.15) is 32.5 Å². The molecule has 1 atom stereocenters. The minimum absolute atomic E-state index is 0.0680. The molecule has 3 rings (SSSR count). The van der Waals surface area contributed by atoms with Gasteiger partial charge in [0, 0.05) is 23.3 Å². The second-order valence-corrected chi connectivity index (χ2v) is 4.79. The lowest BCUT2D eigenvalue weighted by Crippen LogP contribution is -2.30. The molecule has 8 heteroatoms. The maximum Gasteiger partial charge on any atom is 0.342 e. The van der Waals surface area contributed by atoms with E-state index in [0.29, 0.717) is 11.3 Å². The maximum absolute atomic E-state index is 12.0. The number of nitro benzene ring substituents is 1. The van der Waals surface area contributed by atoms with Crippen molar-refractivity contribution in [2.24, 2.45) is 0 Å². The Morgan fingerprint density at radius 2 is 1.96 bits per heavy atom. The highest BCUT2D eigenvalue weighted by Gasteiger charge is 2.29. The van der Waals surface area contributed by atoms with Crippen LogP contribution in [-0.4, -0.2) is 16.9 Å². The van der Waals surface area contributed by atoms with E-state index in [-0.39, 0.29) is 5.56 Å². The molecule has 0 amide bonds. The maximum atomic E-state index is 12.0. The van der Waals surface area contributed by atoms with Gasteiger partial charge in [-0.1, -0.05) is 12.1 Å². The standard InChI is InChI=1S/C15H10N2O6/c18-14(19)11-7-8(17(21)22)5-6-9(11)13-16-12-4-2-1-3-10(12)15(20)23-13/h1-7,13,16H,(H,18,19)/p-1/t13-/m1/s1. The zero-order valence-electron chi connectivity index (χ0n) is 11.5. The summed E-state index contributed by atoms with van der Waals surface area (Å²) in [5.74, 6) is -2.22. The van der Waals surface area contributed by atoms with Crippen molar-refractivity contribution in [2.45, 2.75) is 6.23 Å². The van der Waals surface area contributed by atoms with Crippen molar-refractivity contribution in [3.8, 4) is 0 Å². The number of hydrogen-bond acceptors (Lipinski definition) is 7. The average Bonchev–Trinajstić information content (AvgIpc) is 2.54. The van der Waals surface area contributed by atoms with E-state index in [1.165, 1.54) is 6.07 Å². The summed E-state index contributed by atoms with van der Waals surface area (Å²) >= 11 is 0. The fourth-order valence-electron chi connectivity index (χ4n) is 2.33. The number of carboxylic acids is 1. The topological polar surface area (TPSA) is 122 Å². The molecule has 1 heterocycles. The van der Waals surface area contributed by atoms with E-state index in [2.05, 4.69) is 5.32 Å². The first-order valence-corrected chi connectivity index (χ1v) is 6.53. The molecule has 116 valence electrons. The number of esters is 1. The van der Waals surface area contributed by atoms with E-state index in [4.69, 9.17) is 4.74 Å². The van der Waals surface area contributed by atoms with Crippen LogP contribution in [0, 0.1) is 10.1 Å². The zero-order valence-corrected chi connectivity index (χ0v) is 11.5. The Morgan fingerprint density at radius 3 is 2.65 bits per heavy atom. The van der Waals surface area contributed by atoms with Crippen molar-refractivity contribution in [3.63, 3.8) is 0 Å². The van der Waals surface area contributed by atoms with E-state index in [1.54, 1.807) is 24.3 Å². The zero-order chi connectivity index (χ0) is 16.6. The Hall–Kier alpha value is -3.42. The highest BCUT2D eigenvalue weighted by atomic mass is 16.6. The van der Waals surface area contributed by atoms with Crippen molar-refractivity contribution >= 4 is 23.3 Å². The molecular weight excluding hydrogens is 304 g/mol. The number of ether oxygens (including phenoxy) is 1. The van der Waals surface area contributed by atoms with Crippen molar-refractivity contribution in [1.82, 2.24) is 0 Å². The molecule has 0 fully saturated rings. The van der Waals surface area contributed by atoms with Crippen LogP contribution < -0.4 is 10.4 Å². The molecule has 2 aromatic rings. The molecule has 8 nitrogen and oxygen atoms in total. The smallest absolute Gasteiger partial charge is 0.342 e. The fraction of sp³-hybridized carbons (Fsp3) is 0.0667. The molecule has 1 N–H and O–H groups in total. The van der Waals surface area contributed by atoms with Gasteiger partial charge in [-0.2, -0.15) is 0 Å². The molecule has 0 aromatic heterocycles. The number of cyclic esters (lactones) is 1. The summed E-state index contributed by atoms with van der Waals surface area (Å²) in [5.41, 5.74) is 0.0647. The van der Waals surface area contributed by atoms with Gasteiger partial charge in [0.2, 0.25) is 6.23 Å². The number of fused-ring (bicyclic) bond motifs is 1. The van der Waals surface area contributed by atoms with Crippen molar-refractivity contribution in [3.05, 3.63) is 69.3 Å². The average molecular weight is 313 g/mol. The molecule has 1 aliphatic heterocycles. The largest absolute Gasteiger partial charge is 0.545 e. The normalized spacial score (nSPS) is 16.0. The second kappa shape index (κ2) is 5.41. The number of carboxylic acid groups (broad SMARTS) is 1. The number of rotatable bonds is 3. The van der Waals surface area contributed by atoms with Gasteiger partial charge in [-0.3, -0.25) is 10.1 Å². The Bertz CT molecular complexity index is 832. The number of para-hydroxylation sites is 1. The van der Waals surface area contributed by atoms with Crippen LogP contribution in [0.3, 0.4) is 0 Å². The molecule has 2 aromatic carbocycles. The van der Waals surface area contributed by atoms with Crippen LogP contribution >= 0.6 is 0 Å². The van der Waals surface area contributed by atoms with E-state index >= 15 is 0 Å². The second-order valence-electron chi connectivity index (χ2n) is 4.79. The summed E-state index contributed by atoms with van der Waals surface area (Å²) in [6, 6.07) is 9.82. The van der Waals surface area contributed by atoms with Crippen LogP contribution in [0.4, 0.5) is 11.4 Å². The Kier molecular flexibility index (Phi) is 3.41. The Labute approximate surface area is 129 Å². The van der Waals surface area contributed by atoms with Gasteiger partial charge in [0.15, 0.2) is 0 Å². The van der Waals surface area contributed by atoms with Crippen LogP contribution in [-0.2, 0) is 4.74 Å². The van der Waals surface area contributed by atoms with E-state index in [0.717, 1.165) is 12.1 Å². The molecule has 23 heavy (non-hydrogen) atoms. The monoisotopic (exact) mass is 313 g/mol.